The van der Waals surface area contributed by atoms with Crippen LogP contribution in [0.3, 0.4) is 0 Å². The molecule has 0 radical (unpaired) electrons. The van der Waals surface area contributed by atoms with Gasteiger partial charge in [0.15, 0.2) is 5.96 Å². The Morgan fingerprint density at radius 2 is 2.13 bits per heavy atom. The van der Waals surface area contributed by atoms with E-state index in [0.29, 0.717) is 0 Å². The van der Waals surface area contributed by atoms with Gasteiger partial charge in [-0.2, -0.15) is 0 Å². The van der Waals surface area contributed by atoms with Crippen molar-refractivity contribution >= 4 is 21.9 Å². The quantitative estimate of drug-likeness (QED) is 0.610. The molecule has 5 heteroatoms. The fourth-order valence-electron chi connectivity index (χ4n) is 3.49. The first-order valence-electron chi connectivity index (χ1n) is 8.51. The Morgan fingerprint density at radius 3 is 2.74 bits per heavy atom. The Bertz CT molecular complexity index is 568. The van der Waals surface area contributed by atoms with E-state index in [1.165, 1.54) is 42.4 Å². The van der Waals surface area contributed by atoms with E-state index in [-0.39, 0.29) is 5.41 Å². The van der Waals surface area contributed by atoms with E-state index in [2.05, 4.69) is 67.8 Å². The lowest BCUT2D eigenvalue weighted by atomic mass is 9.96. The molecular weight excluding hydrogens is 352 g/mol. The maximum absolute atomic E-state index is 4.38. The fourth-order valence-corrected chi connectivity index (χ4v) is 4.20. The van der Waals surface area contributed by atoms with Crippen molar-refractivity contribution in [3.63, 3.8) is 0 Å². The van der Waals surface area contributed by atoms with E-state index in [1.54, 1.807) is 0 Å². The Balaban J connectivity index is 1.51. The second-order valence-electron chi connectivity index (χ2n) is 6.98. The number of guanidine groups is 1. The molecule has 1 unspecified atom stereocenters. The molecule has 0 amide bonds. The highest BCUT2D eigenvalue weighted by Gasteiger charge is 2.45. The molecule has 1 atom stereocenters. The Labute approximate surface area is 147 Å². The van der Waals surface area contributed by atoms with Gasteiger partial charge in [-0.3, -0.25) is 4.99 Å². The minimum atomic E-state index is 0.269. The number of hydrogen-bond acceptors (Lipinski definition) is 2. The van der Waals surface area contributed by atoms with Crippen molar-refractivity contribution in [2.45, 2.75) is 24.7 Å². The Morgan fingerprint density at radius 1 is 1.35 bits per heavy atom. The molecule has 4 nitrogen and oxygen atoms in total. The van der Waals surface area contributed by atoms with Gasteiger partial charge in [-0.25, -0.2) is 0 Å². The van der Waals surface area contributed by atoms with Crippen molar-refractivity contribution in [2.24, 2.45) is 10.9 Å². The van der Waals surface area contributed by atoms with Crippen molar-refractivity contribution in [3.8, 4) is 0 Å². The van der Waals surface area contributed by atoms with Gasteiger partial charge in [0, 0.05) is 36.6 Å². The summed E-state index contributed by atoms with van der Waals surface area (Å²) in [6, 6.07) is 8.59. The summed E-state index contributed by atoms with van der Waals surface area (Å²) in [4.78, 5) is 6.78. The van der Waals surface area contributed by atoms with Crippen LogP contribution in [0.4, 0.5) is 0 Å². The number of rotatable bonds is 5. The zero-order valence-electron chi connectivity index (χ0n) is 14.1. The summed E-state index contributed by atoms with van der Waals surface area (Å²) in [6.07, 6.45) is 3.77. The lowest BCUT2D eigenvalue weighted by molar-refractivity contribution is 0.393. The highest BCUT2D eigenvalue weighted by atomic mass is 79.9. The summed E-state index contributed by atoms with van der Waals surface area (Å²) in [6.45, 7) is 4.35. The molecule has 23 heavy (non-hydrogen) atoms. The zero-order chi connectivity index (χ0) is 16.3. The lowest BCUT2D eigenvalue weighted by Crippen LogP contribution is -2.43. The number of benzene rings is 1. The summed E-state index contributed by atoms with van der Waals surface area (Å²) < 4.78 is 1.22. The van der Waals surface area contributed by atoms with Crippen LogP contribution in [-0.2, 0) is 5.41 Å². The third kappa shape index (κ3) is 4.07. The molecule has 1 aliphatic heterocycles. The first-order chi connectivity index (χ1) is 11.1. The lowest BCUT2D eigenvalue weighted by Gasteiger charge is -2.21. The summed E-state index contributed by atoms with van der Waals surface area (Å²) >= 11 is 3.70. The van der Waals surface area contributed by atoms with Crippen LogP contribution in [-0.4, -0.2) is 51.1 Å². The van der Waals surface area contributed by atoms with Gasteiger partial charge in [-0.05, 0) is 50.4 Å². The summed E-state index contributed by atoms with van der Waals surface area (Å²) in [5.41, 5.74) is 1.69. The molecule has 2 N–H and O–H groups in total. The molecule has 1 aromatic carbocycles. The number of hydrogen-bond donors (Lipinski definition) is 2. The highest BCUT2D eigenvalue weighted by molar-refractivity contribution is 9.10. The molecule has 1 saturated carbocycles. The second kappa shape index (κ2) is 7.22. The largest absolute Gasteiger partial charge is 0.356 e. The number of halogens is 1. The van der Waals surface area contributed by atoms with Crippen molar-refractivity contribution in [1.29, 1.82) is 0 Å². The molecule has 0 bridgehead atoms. The molecule has 1 aromatic rings. The van der Waals surface area contributed by atoms with E-state index < -0.39 is 0 Å². The van der Waals surface area contributed by atoms with Crippen molar-refractivity contribution in [2.75, 3.05) is 40.3 Å². The average molecular weight is 379 g/mol. The topological polar surface area (TPSA) is 39.7 Å². The van der Waals surface area contributed by atoms with Gasteiger partial charge in [-0.1, -0.05) is 34.1 Å². The van der Waals surface area contributed by atoms with Crippen LogP contribution < -0.4 is 10.6 Å². The van der Waals surface area contributed by atoms with Gasteiger partial charge in [-0.15, -0.1) is 0 Å². The third-order valence-electron chi connectivity index (χ3n) is 5.16. The van der Waals surface area contributed by atoms with Crippen LogP contribution in [0.5, 0.6) is 0 Å². The number of likely N-dealkylation sites (tertiary alicyclic amines) is 1. The molecule has 0 aromatic heterocycles. The molecule has 2 aliphatic rings. The molecule has 2 fully saturated rings. The monoisotopic (exact) mass is 378 g/mol. The van der Waals surface area contributed by atoms with E-state index in [1.807, 2.05) is 7.05 Å². The predicted molar refractivity (Wildman–Crippen MR) is 100 cm³/mol. The molecular formula is C18H27BrN4. The van der Waals surface area contributed by atoms with E-state index in [9.17, 15) is 0 Å². The van der Waals surface area contributed by atoms with E-state index in [0.717, 1.165) is 25.0 Å². The van der Waals surface area contributed by atoms with E-state index >= 15 is 0 Å². The van der Waals surface area contributed by atoms with Crippen LogP contribution in [0, 0.1) is 5.92 Å². The standard InChI is InChI=1S/C18H27BrN4/c1-20-17(21-11-14-7-10-23(2)12-14)22-13-18(8-9-18)15-5-3-4-6-16(15)19/h3-6,14H,7-13H2,1-2H3,(H2,20,21,22). The van der Waals surface area contributed by atoms with E-state index in [4.69, 9.17) is 0 Å². The Hall–Kier alpha value is -1.07. The van der Waals surface area contributed by atoms with Gasteiger partial charge in [0.25, 0.3) is 0 Å². The van der Waals surface area contributed by atoms with Crippen molar-refractivity contribution in [3.05, 3.63) is 34.3 Å². The SMILES string of the molecule is CN=C(NCC1CCN(C)C1)NCC1(c2ccccc2Br)CC1. The third-order valence-corrected chi connectivity index (χ3v) is 5.86. The highest BCUT2D eigenvalue weighted by Crippen LogP contribution is 2.49. The molecule has 126 valence electrons. The first-order valence-corrected chi connectivity index (χ1v) is 9.30. The first kappa shape index (κ1) is 16.8. The zero-order valence-corrected chi connectivity index (χ0v) is 15.7. The minimum absolute atomic E-state index is 0.269. The van der Waals surface area contributed by atoms with Gasteiger partial charge in [0.05, 0.1) is 0 Å². The maximum atomic E-state index is 4.38. The molecule has 1 saturated heterocycles. The van der Waals surface area contributed by atoms with Crippen LogP contribution >= 0.6 is 15.9 Å². The number of nitrogens with zero attached hydrogens (tertiary/aromatic N) is 2. The van der Waals surface area contributed by atoms with Crippen LogP contribution in [0.25, 0.3) is 0 Å². The second-order valence-corrected chi connectivity index (χ2v) is 7.84. The maximum Gasteiger partial charge on any atom is 0.191 e. The normalized spacial score (nSPS) is 23.8. The summed E-state index contributed by atoms with van der Waals surface area (Å²) in [5, 5.41) is 7.04. The van der Waals surface area contributed by atoms with Gasteiger partial charge in [0.1, 0.15) is 0 Å². The summed E-state index contributed by atoms with van der Waals surface area (Å²) in [7, 11) is 4.05. The average Bonchev–Trinajstić information content (AvgIpc) is 3.22. The van der Waals surface area contributed by atoms with Crippen LogP contribution in [0.1, 0.15) is 24.8 Å². The van der Waals surface area contributed by atoms with Crippen molar-refractivity contribution in [1.82, 2.24) is 15.5 Å². The predicted octanol–water partition coefficient (Wildman–Crippen LogP) is 2.60. The number of aliphatic imine (C=N–C) groups is 1. The Kier molecular flexibility index (Phi) is 5.27. The minimum Gasteiger partial charge on any atom is -0.356 e. The molecule has 0 spiro atoms. The number of nitrogens with one attached hydrogen (secondary N) is 2. The molecule has 3 rings (SSSR count). The van der Waals surface area contributed by atoms with Gasteiger partial charge < -0.3 is 15.5 Å². The summed E-state index contributed by atoms with van der Waals surface area (Å²) in [5.74, 6) is 1.66. The fraction of sp³-hybridized carbons (Fsp3) is 0.611. The van der Waals surface area contributed by atoms with Gasteiger partial charge >= 0.3 is 0 Å². The van der Waals surface area contributed by atoms with Crippen molar-refractivity contribution < 1.29 is 0 Å². The molecule has 1 heterocycles. The van der Waals surface area contributed by atoms with Crippen LogP contribution in [0.15, 0.2) is 33.7 Å². The molecule has 1 aliphatic carbocycles. The van der Waals surface area contributed by atoms with Crippen LogP contribution in [0.2, 0.25) is 0 Å². The smallest absolute Gasteiger partial charge is 0.191 e. The van der Waals surface area contributed by atoms with Gasteiger partial charge in [0.2, 0.25) is 0 Å².